The van der Waals surface area contributed by atoms with Crippen molar-refractivity contribution in [3.8, 4) is 0 Å². The van der Waals surface area contributed by atoms with Gasteiger partial charge in [0.1, 0.15) is 11.4 Å². The highest BCUT2D eigenvalue weighted by Crippen LogP contribution is 2.39. The van der Waals surface area contributed by atoms with E-state index in [1.54, 1.807) is 0 Å². The van der Waals surface area contributed by atoms with Crippen LogP contribution in [0.3, 0.4) is 0 Å². The van der Waals surface area contributed by atoms with Crippen molar-refractivity contribution in [2.24, 2.45) is 0 Å². The normalized spacial score (nSPS) is 12.4. The molecule has 0 spiro atoms. The van der Waals surface area contributed by atoms with Crippen molar-refractivity contribution in [3.05, 3.63) is 58.9 Å². The molecule has 0 saturated heterocycles. The van der Waals surface area contributed by atoms with Gasteiger partial charge in [-0.2, -0.15) is 13.2 Å². The second-order valence-electron chi connectivity index (χ2n) is 4.04. The van der Waals surface area contributed by atoms with Crippen LogP contribution in [0.25, 0.3) is 0 Å². The molecule has 0 N–H and O–H groups in total. The van der Waals surface area contributed by atoms with Gasteiger partial charge in [0.15, 0.2) is 0 Å². The molecule has 21 heavy (non-hydrogen) atoms. The molecule has 0 amide bonds. The van der Waals surface area contributed by atoms with E-state index in [1.165, 1.54) is 18.2 Å². The minimum Gasteiger partial charge on any atom is -0.218 e. The number of hydrogen-bond acceptors (Lipinski definition) is 2. The minimum atomic E-state index is -5.14. The molecule has 2 rings (SSSR count). The first-order chi connectivity index (χ1) is 9.65. The molecule has 0 aliphatic heterocycles. The Kier molecular flexibility index (Phi) is 3.99. The average Bonchev–Trinajstić information content (AvgIpc) is 2.37. The average molecular weight is 339 g/mol. The van der Waals surface area contributed by atoms with Crippen molar-refractivity contribution in [2.75, 3.05) is 0 Å². The number of halogens is 5. The van der Waals surface area contributed by atoms with Crippen LogP contribution in [0.5, 0.6) is 0 Å². The fraction of sp³-hybridized carbons (Fsp3) is 0.0769. The molecule has 0 fully saturated rings. The van der Waals surface area contributed by atoms with E-state index >= 15 is 0 Å². The van der Waals surface area contributed by atoms with E-state index in [9.17, 15) is 26.0 Å². The summed E-state index contributed by atoms with van der Waals surface area (Å²) in [6.45, 7) is 0. The van der Waals surface area contributed by atoms with Crippen LogP contribution in [0, 0.1) is 5.82 Å². The molecule has 2 aromatic rings. The molecule has 0 saturated carbocycles. The van der Waals surface area contributed by atoms with Gasteiger partial charge in [-0.25, -0.2) is 12.8 Å². The van der Waals surface area contributed by atoms with Gasteiger partial charge in [-0.05, 0) is 24.3 Å². The number of sulfone groups is 1. The van der Waals surface area contributed by atoms with Crippen molar-refractivity contribution in [3.63, 3.8) is 0 Å². The molecule has 2 nitrogen and oxygen atoms in total. The second-order valence-corrected chi connectivity index (χ2v) is 6.34. The zero-order chi connectivity index (χ0) is 15.8. The third-order valence-electron chi connectivity index (χ3n) is 2.67. The Bertz CT molecular complexity index is 785. The van der Waals surface area contributed by atoms with Gasteiger partial charge < -0.3 is 0 Å². The SMILES string of the molecule is O=S(=O)(c1ccccc1Cl)c1cccc(F)c1C(F)(F)F. The van der Waals surface area contributed by atoms with Crippen molar-refractivity contribution < 1.29 is 26.0 Å². The number of hydrogen-bond donors (Lipinski definition) is 0. The molecule has 0 heterocycles. The van der Waals surface area contributed by atoms with Crippen LogP contribution < -0.4 is 0 Å². The maximum Gasteiger partial charge on any atom is 0.420 e. The Balaban J connectivity index is 2.79. The molecule has 0 unspecified atom stereocenters. The zero-order valence-electron chi connectivity index (χ0n) is 10.2. The summed E-state index contributed by atoms with van der Waals surface area (Å²) in [6, 6.07) is 7.17. The maximum atomic E-state index is 13.5. The van der Waals surface area contributed by atoms with Gasteiger partial charge in [0.2, 0.25) is 9.84 Å². The van der Waals surface area contributed by atoms with Crippen LogP contribution in [-0.2, 0) is 16.0 Å². The summed E-state index contributed by atoms with van der Waals surface area (Å²) in [6.07, 6.45) is -5.14. The van der Waals surface area contributed by atoms with Gasteiger partial charge in [0.25, 0.3) is 0 Å². The van der Waals surface area contributed by atoms with E-state index in [2.05, 4.69) is 0 Å². The smallest absolute Gasteiger partial charge is 0.218 e. The fourth-order valence-electron chi connectivity index (χ4n) is 1.78. The molecule has 8 heteroatoms. The monoisotopic (exact) mass is 338 g/mol. The van der Waals surface area contributed by atoms with Crippen molar-refractivity contribution in [2.45, 2.75) is 16.0 Å². The summed E-state index contributed by atoms with van der Waals surface area (Å²) >= 11 is 5.71. The van der Waals surface area contributed by atoms with Crippen molar-refractivity contribution >= 4 is 21.4 Å². The van der Waals surface area contributed by atoms with E-state index in [1.807, 2.05) is 0 Å². The van der Waals surface area contributed by atoms with Gasteiger partial charge in [0, 0.05) is 0 Å². The first kappa shape index (κ1) is 15.8. The van der Waals surface area contributed by atoms with Gasteiger partial charge in [-0.1, -0.05) is 29.8 Å². The number of rotatable bonds is 2. The predicted molar refractivity (Wildman–Crippen MR) is 68.3 cm³/mol. The molecule has 0 atom stereocenters. The molecule has 0 radical (unpaired) electrons. The predicted octanol–water partition coefficient (Wildman–Crippen LogP) is 4.33. The molecular weight excluding hydrogens is 332 g/mol. The van der Waals surface area contributed by atoms with Crippen LogP contribution >= 0.6 is 11.6 Å². The van der Waals surface area contributed by atoms with Gasteiger partial charge >= 0.3 is 6.18 Å². The van der Waals surface area contributed by atoms with Crippen LogP contribution in [0.4, 0.5) is 17.6 Å². The summed E-state index contributed by atoms with van der Waals surface area (Å²) in [5.74, 6) is -1.66. The van der Waals surface area contributed by atoms with E-state index < -0.39 is 37.2 Å². The van der Waals surface area contributed by atoms with E-state index in [4.69, 9.17) is 11.6 Å². The van der Waals surface area contributed by atoms with E-state index in [-0.39, 0.29) is 5.02 Å². The van der Waals surface area contributed by atoms with Crippen LogP contribution in [-0.4, -0.2) is 8.42 Å². The Hall–Kier alpha value is -1.60. The lowest BCUT2D eigenvalue weighted by Gasteiger charge is -2.14. The quantitative estimate of drug-likeness (QED) is 0.764. The van der Waals surface area contributed by atoms with Crippen molar-refractivity contribution in [1.82, 2.24) is 0 Å². The van der Waals surface area contributed by atoms with Gasteiger partial charge in [-0.3, -0.25) is 0 Å². The minimum absolute atomic E-state index is 0.241. The summed E-state index contributed by atoms with van der Waals surface area (Å²) in [5.41, 5.74) is -1.83. The van der Waals surface area contributed by atoms with Gasteiger partial charge in [-0.15, -0.1) is 0 Å². The third-order valence-corrected chi connectivity index (χ3v) is 4.97. The van der Waals surface area contributed by atoms with Gasteiger partial charge in [0.05, 0.1) is 14.8 Å². The van der Waals surface area contributed by atoms with E-state index in [0.29, 0.717) is 12.1 Å². The van der Waals surface area contributed by atoms with Crippen LogP contribution in [0.2, 0.25) is 5.02 Å². The van der Waals surface area contributed by atoms with Crippen LogP contribution in [0.1, 0.15) is 5.56 Å². The Labute approximate surface area is 122 Å². The lowest BCUT2D eigenvalue weighted by atomic mass is 10.2. The summed E-state index contributed by atoms with van der Waals surface area (Å²) in [7, 11) is -4.60. The largest absolute Gasteiger partial charge is 0.420 e. The summed E-state index contributed by atoms with van der Waals surface area (Å²) in [4.78, 5) is -1.68. The first-order valence-corrected chi connectivity index (χ1v) is 7.37. The zero-order valence-corrected chi connectivity index (χ0v) is 11.7. The fourth-order valence-corrected chi connectivity index (χ4v) is 3.78. The molecular formula is C13H7ClF4O2S. The van der Waals surface area contributed by atoms with Crippen LogP contribution in [0.15, 0.2) is 52.3 Å². The van der Waals surface area contributed by atoms with Crippen molar-refractivity contribution in [1.29, 1.82) is 0 Å². The topological polar surface area (TPSA) is 34.1 Å². The lowest BCUT2D eigenvalue weighted by molar-refractivity contribution is -0.142. The number of benzene rings is 2. The maximum absolute atomic E-state index is 13.5. The summed E-state index contributed by atoms with van der Waals surface area (Å²) < 4.78 is 76.9. The standard InChI is InChI=1S/C13H7ClF4O2S/c14-8-4-1-2-6-10(8)21(19,20)11-7-3-5-9(15)12(11)13(16,17)18/h1-7H. The third kappa shape index (κ3) is 2.89. The highest BCUT2D eigenvalue weighted by Gasteiger charge is 2.41. The molecule has 0 aliphatic carbocycles. The Morgan fingerprint density at radius 3 is 2.05 bits per heavy atom. The molecule has 2 aromatic carbocycles. The molecule has 112 valence electrons. The second kappa shape index (κ2) is 5.31. The van der Waals surface area contributed by atoms with E-state index in [0.717, 1.165) is 12.1 Å². The number of alkyl halides is 3. The molecule has 0 bridgehead atoms. The highest BCUT2D eigenvalue weighted by molar-refractivity contribution is 7.91. The Morgan fingerprint density at radius 1 is 0.905 bits per heavy atom. The highest BCUT2D eigenvalue weighted by atomic mass is 35.5. The summed E-state index contributed by atoms with van der Waals surface area (Å²) in [5, 5.41) is -0.241. The lowest BCUT2D eigenvalue weighted by Crippen LogP contribution is -2.16. The molecule has 0 aromatic heterocycles. The molecule has 0 aliphatic rings. The Morgan fingerprint density at radius 2 is 1.48 bits per heavy atom. The first-order valence-electron chi connectivity index (χ1n) is 5.51.